The molecular formula is C13H15BrN2OS. The van der Waals surface area contributed by atoms with Crippen molar-refractivity contribution < 1.29 is 4.74 Å². The van der Waals surface area contributed by atoms with Crippen molar-refractivity contribution in [2.45, 2.75) is 12.5 Å². The van der Waals surface area contributed by atoms with Crippen molar-refractivity contribution in [1.82, 2.24) is 5.43 Å². The van der Waals surface area contributed by atoms with Crippen LogP contribution in [0.5, 0.6) is 5.75 Å². The molecule has 0 aliphatic heterocycles. The van der Waals surface area contributed by atoms with Crippen LogP contribution in [-0.2, 0) is 6.42 Å². The first-order valence-corrected chi connectivity index (χ1v) is 7.23. The predicted molar refractivity (Wildman–Crippen MR) is 78.8 cm³/mol. The highest BCUT2D eigenvalue weighted by molar-refractivity contribution is 9.10. The highest BCUT2D eigenvalue weighted by atomic mass is 79.9. The lowest BCUT2D eigenvalue weighted by Gasteiger charge is -2.15. The number of halogens is 1. The van der Waals surface area contributed by atoms with Crippen molar-refractivity contribution in [1.29, 1.82) is 0 Å². The Morgan fingerprint density at radius 1 is 1.39 bits per heavy atom. The molecule has 96 valence electrons. The van der Waals surface area contributed by atoms with Gasteiger partial charge in [0.2, 0.25) is 0 Å². The summed E-state index contributed by atoms with van der Waals surface area (Å²) in [4.78, 5) is 1.29. The summed E-state index contributed by atoms with van der Waals surface area (Å²) in [6.07, 6.45) is 0.874. The molecule has 0 saturated heterocycles. The second-order valence-corrected chi connectivity index (χ2v) is 5.84. The zero-order valence-corrected chi connectivity index (χ0v) is 12.4. The number of rotatable bonds is 5. The van der Waals surface area contributed by atoms with E-state index in [0.717, 1.165) is 22.2 Å². The van der Waals surface area contributed by atoms with Crippen LogP contribution < -0.4 is 16.0 Å². The maximum atomic E-state index is 5.64. The van der Waals surface area contributed by atoms with Gasteiger partial charge >= 0.3 is 0 Å². The van der Waals surface area contributed by atoms with Gasteiger partial charge in [-0.05, 0) is 39.7 Å². The van der Waals surface area contributed by atoms with Crippen molar-refractivity contribution in [3.63, 3.8) is 0 Å². The molecule has 1 aromatic carbocycles. The lowest BCUT2D eigenvalue weighted by molar-refractivity contribution is 0.414. The predicted octanol–water partition coefficient (Wildman–Crippen LogP) is 3.27. The van der Waals surface area contributed by atoms with Gasteiger partial charge in [0.15, 0.2) is 0 Å². The fourth-order valence-electron chi connectivity index (χ4n) is 1.77. The van der Waals surface area contributed by atoms with Crippen LogP contribution in [0.25, 0.3) is 0 Å². The summed E-state index contributed by atoms with van der Waals surface area (Å²) in [6, 6.07) is 10.2. The number of nitrogens with one attached hydrogen (secondary N) is 1. The average molecular weight is 327 g/mol. The fourth-order valence-corrected chi connectivity index (χ4v) is 3.27. The molecular weight excluding hydrogens is 312 g/mol. The number of benzene rings is 1. The minimum atomic E-state index is 0.112. The van der Waals surface area contributed by atoms with E-state index in [4.69, 9.17) is 10.6 Å². The van der Waals surface area contributed by atoms with Crippen LogP contribution in [0.1, 0.15) is 16.5 Å². The molecule has 1 heterocycles. The molecule has 0 saturated carbocycles. The minimum Gasteiger partial charge on any atom is -0.497 e. The number of hydrogen-bond acceptors (Lipinski definition) is 4. The first-order chi connectivity index (χ1) is 8.72. The highest BCUT2D eigenvalue weighted by Crippen LogP contribution is 2.26. The fraction of sp³-hybridized carbons (Fsp3) is 0.231. The molecule has 0 aliphatic rings. The first kappa shape index (κ1) is 13.5. The zero-order chi connectivity index (χ0) is 13.0. The number of nitrogens with two attached hydrogens (primary N) is 1. The lowest BCUT2D eigenvalue weighted by atomic mass is 10.0. The van der Waals surface area contributed by atoms with Gasteiger partial charge in [-0.3, -0.25) is 11.3 Å². The van der Waals surface area contributed by atoms with Gasteiger partial charge in [0.1, 0.15) is 5.75 Å². The molecule has 1 aromatic heterocycles. The number of methoxy groups -OCH3 is 1. The largest absolute Gasteiger partial charge is 0.497 e. The van der Waals surface area contributed by atoms with Gasteiger partial charge in [-0.15, -0.1) is 11.3 Å². The molecule has 0 amide bonds. The molecule has 0 aliphatic carbocycles. The summed E-state index contributed by atoms with van der Waals surface area (Å²) in [6.45, 7) is 0. The van der Waals surface area contributed by atoms with Crippen LogP contribution in [0.4, 0.5) is 0 Å². The third-order valence-electron chi connectivity index (χ3n) is 2.75. The monoisotopic (exact) mass is 326 g/mol. The first-order valence-electron chi connectivity index (χ1n) is 5.56. The summed E-state index contributed by atoms with van der Waals surface area (Å²) in [5, 5.41) is 2.08. The van der Waals surface area contributed by atoms with Crippen molar-refractivity contribution in [3.05, 3.63) is 50.6 Å². The Bertz CT molecular complexity index is 498. The molecule has 2 rings (SSSR count). The molecule has 0 bridgehead atoms. The molecule has 1 unspecified atom stereocenters. The van der Waals surface area contributed by atoms with E-state index in [2.05, 4.69) is 32.8 Å². The summed E-state index contributed by atoms with van der Waals surface area (Å²) < 4.78 is 6.27. The van der Waals surface area contributed by atoms with Crippen LogP contribution in [-0.4, -0.2) is 7.11 Å². The standard InChI is InChI=1S/C13H15BrN2OS/c1-17-11-4-2-9(3-5-11)13(16-15)7-12-6-10(14)8-18-12/h2-6,8,13,16H,7,15H2,1H3. The molecule has 0 radical (unpaired) electrons. The Hall–Kier alpha value is -0.880. The summed E-state index contributed by atoms with van der Waals surface area (Å²) >= 11 is 5.19. The Morgan fingerprint density at radius 3 is 2.61 bits per heavy atom. The van der Waals surface area contributed by atoms with Gasteiger partial charge in [0.05, 0.1) is 13.2 Å². The normalized spacial score (nSPS) is 12.4. The van der Waals surface area contributed by atoms with Gasteiger partial charge in [-0.25, -0.2) is 0 Å². The Morgan fingerprint density at radius 2 is 2.11 bits per heavy atom. The zero-order valence-electron chi connectivity index (χ0n) is 10.0. The molecule has 3 nitrogen and oxygen atoms in total. The van der Waals surface area contributed by atoms with E-state index >= 15 is 0 Å². The third kappa shape index (κ3) is 3.32. The van der Waals surface area contributed by atoms with Crippen LogP contribution >= 0.6 is 27.3 Å². The van der Waals surface area contributed by atoms with Gasteiger partial charge in [-0.1, -0.05) is 12.1 Å². The van der Waals surface area contributed by atoms with Crippen LogP contribution in [0.15, 0.2) is 40.2 Å². The SMILES string of the molecule is COc1ccc(C(Cc2cc(Br)cs2)NN)cc1. The summed E-state index contributed by atoms with van der Waals surface area (Å²) in [5.74, 6) is 6.50. The Balaban J connectivity index is 2.12. The van der Waals surface area contributed by atoms with Crippen molar-refractivity contribution >= 4 is 27.3 Å². The molecule has 2 aromatic rings. The van der Waals surface area contributed by atoms with Gasteiger partial charge in [0.25, 0.3) is 0 Å². The number of ether oxygens (including phenoxy) is 1. The maximum absolute atomic E-state index is 5.64. The smallest absolute Gasteiger partial charge is 0.118 e. The van der Waals surface area contributed by atoms with Crippen molar-refractivity contribution in [3.8, 4) is 5.75 Å². The van der Waals surface area contributed by atoms with E-state index in [1.54, 1.807) is 18.4 Å². The lowest BCUT2D eigenvalue weighted by Crippen LogP contribution is -2.29. The van der Waals surface area contributed by atoms with Crippen molar-refractivity contribution in [2.24, 2.45) is 5.84 Å². The topological polar surface area (TPSA) is 47.3 Å². The molecule has 0 spiro atoms. The second kappa shape index (κ2) is 6.33. The van der Waals surface area contributed by atoms with Gasteiger partial charge < -0.3 is 4.74 Å². The van der Waals surface area contributed by atoms with Crippen molar-refractivity contribution in [2.75, 3.05) is 7.11 Å². The quantitative estimate of drug-likeness (QED) is 0.654. The Kier molecular flexibility index (Phi) is 4.77. The van der Waals surface area contributed by atoms with E-state index in [0.29, 0.717) is 0 Å². The van der Waals surface area contributed by atoms with E-state index < -0.39 is 0 Å². The Labute approximate surface area is 119 Å². The number of thiophene rings is 1. The molecule has 0 fully saturated rings. The number of hydrazine groups is 1. The van der Waals surface area contributed by atoms with E-state index in [-0.39, 0.29) is 6.04 Å². The second-order valence-electron chi connectivity index (χ2n) is 3.93. The van der Waals surface area contributed by atoms with Gasteiger partial charge in [-0.2, -0.15) is 0 Å². The van der Waals surface area contributed by atoms with Gasteiger partial charge in [0, 0.05) is 21.2 Å². The molecule has 5 heteroatoms. The molecule has 18 heavy (non-hydrogen) atoms. The molecule has 1 atom stereocenters. The average Bonchev–Trinajstić information content (AvgIpc) is 2.82. The van der Waals surface area contributed by atoms with E-state index in [1.165, 1.54) is 4.88 Å². The van der Waals surface area contributed by atoms with E-state index in [1.807, 2.05) is 24.3 Å². The van der Waals surface area contributed by atoms with Crippen LogP contribution in [0, 0.1) is 0 Å². The van der Waals surface area contributed by atoms with E-state index in [9.17, 15) is 0 Å². The molecule has 3 N–H and O–H groups in total. The summed E-state index contributed by atoms with van der Waals surface area (Å²) in [7, 11) is 1.66. The summed E-state index contributed by atoms with van der Waals surface area (Å²) in [5.41, 5.74) is 4.02. The minimum absolute atomic E-state index is 0.112. The number of hydrogen-bond donors (Lipinski definition) is 2. The van der Waals surface area contributed by atoms with Crippen LogP contribution in [0.3, 0.4) is 0 Å². The maximum Gasteiger partial charge on any atom is 0.118 e. The third-order valence-corrected chi connectivity index (χ3v) is 4.47. The highest BCUT2D eigenvalue weighted by Gasteiger charge is 2.11. The van der Waals surface area contributed by atoms with Crippen LogP contribution in [0.2, 0.25) is 0 Å².